The van der Waals surface area contributed by atoms with Crippen LogP contribution in [0.25, 0.3) is 0 Å². The number of carbonyl (C=O) groups is 1. The molecule has 1 fully saturated rings. The zero-order valence-corrected chi connectivity index (χ0v) is 16.6. The lowest BCUT2D eigenvalue weighted by molar-refractivity contribution is -0.911. The lowest BCUT2D eigenvalue weighted by Gasteiger charge is -2.38. The van der Waals surface area contributed by atoms with Gasteiger partial charge in [0.15, 0.2) is 12.4 Å². The van der Waals surface area contributed by atoms with Crippen molar-refractivity contribution in [2.75, 3.05) is 18.8 Å². The third-order valence-electron chi connectivity index (χ3n) is 4.94. The van der Waals surface area contributed by atoms with Crippen molar-refractivity contribution in [3.63, 3.8) is 0 Å². The smallest absolute Gasteiger partial charge is 0.232 e. The molecule has 2 aliphatic heterocycles. The molecule has 0 aliphatic carbocycles. The number of carbonyl (C=O) groups excluding carboxylic acids is 1. The van der Waals surface area contributed by atoms with E-state index in [2.05, 4.69) is 18.2 Å². The summed E-state index contributed by atoms with van der Waals surface area (Å²) in [5.74, 6) is 1.66. The summed E-state index contributed by atoms with van der Waals surface area (Å²) in [5.41, 5.74) is 1.75. The van der Waals surface area contributed by atoms with Gasteiger partial charge in [0.05, 0.1) is 17.9 Å². The van der Waals surface area contributed by atoms with Gasteiger partial charge < -0.3 is 9.32 Å². The molecule has 1 aromatic heterocycles. The lowest BCUT2D eigenvalue weighted by Crippen LogP contribution is -3.12. The minimum Gasteiger partial charge on any atom is -0.463 e. The molecular weight excluding hydrogens is 378 g/mol. The average Bonchev–Trinajstić information content (AvgIpc) is 3.21. The van der Waals surface area contributed by atoms with Crippen molar-refractivity contribution < 1.29 is 14.1 Å². The highest BCUT2D eigenvalue weighted by atomic mass is 32.2. The summed E-state index contributed by atoms with van der Waals surface area (Å²) in [6.07, 6.45) is 4.05. The van der Waals surface area contributed by atoms with Crippen molar-refractivity contribution >= 4 is 29.4 Å². The Balaban J connectivity index is 1.59. The van der Waals surface area contributed by atoms with Crippen LogP contribution in [0.1, 0.15) is 23.7 Å². The molecule has 1 unspecified atom stereocenters. The molecule has 5 nitrogen and oxygen atoms in total. The Kier molecular flexibility index (Phi) is 5.30. The van der Waals surface area contributed by atoms with E-state index in [0.717, 1.165) is 28.8 Å². The first-order chi connectivity index (χ1) is 13.2. The number of amides is 1. The van der Waals surface area contributed by atoms with E-state index in [9.17, 15) is 10.1 Å². The number of rotatable bonds is 4. The summed E-state index contributed by atoms with van der Waals surface area (Å²) in [7, 11) is 0. The number of hydrogen-bond donors (Lipinski definition) is 1. The molecule has 1 N–H and O–H groups in total. The van der Waals surface area contributed by atoms with Gasteiger partial charge in [-0.2, -0.15) is 5.26 Å². The van der Waals surface area contributed by atoms with E-state index < -0.39 is 0 Å². The van der Waals surface area contributed by atoms with Crippen LogP contribution in [0.5, 0.6) is 0 Å². The Bertz CT molecular complexity index is 900. The Labute approximate surface area is 167 Å². The molecule has 0 spiro atoms. The summed E-state index contributed by atoms with van der Waals surface area (Å²) >= 11 is 3.28. The minimum atomic E-state index is -0.149. The topological polar surface area (TPSA) is 61.7 Å². The molecule has 4 rings (SSSR count). The molecule has 3 heterocycles. The largest absolute Gasteiger partial charge is 0.463 e. The van der Waals surface area contributed by atoms with Crippen LogP contribution in [0, 0.1) is 11.3 Å². The number of nitrogens with one attached hydrogen (secondary N) is 1. The van der Waals surface area contributed by atoms with E-state index in [1.54, 1.807) is 34.7 Å². The number of quaternary nitrogens is 1. The van der Waals surface area contributed by atoms with Gasteiger partial charge in [0, 0.05) is 17.2 Å². The van der Waals surface area contributed by atoms with Crippen LogP contribution in [0.4, 0.5) is 0 Å². The van der Waals surface area contributed by atoms with Crippen molar-refractivity contribution in [1.82, 2.24) is 4.90 Å². The predicted octanol–water partition coefficient (Wildman–Crippen LogP) is 2.80. The average molecular weight is 399 g/mol. The number of benzene rings is 1. The number of nitrogens with zero attached hydrogens (tertiary/aromatic N) is 2. The quantitative estimate of drug-likeness (QED) is 0.803. The molecule has 138 valence electrons. The fourth-order valence-electron chi connectivity index (χ4n) is 3.56. The van der Waals surface area contributed by atoms with Crippen molar-refractivity contribution in [3.05, 3.63) is 64.6 Å². The van der Waals surface area contributed by atoms with Crippen LogP contribution in [0.15, 0.2) is 62.6 Å². The Morgan fingerprint density at radius 2 is 2.19 bits per heavy atom. The number of allylic oxidation sites excluding steroid dienone is 1. The van der Waals surface area contributed by atoms with Crippen LogP contribution < -0.4 is 4.90 Å². The molecule has 1 saturated heterocycles. The summed E-state index contributed by atoms with van der Waals surface area (Å²) in [4.78, 5) is 17.1. The maximum atomic E-state index is 12.9. The van der Waals surface area contributed by atoms with Crippen LogP contribution >= 0.6 is 23.5 Å². The van der Waals surface area contributed by atoms with Crippen molar-refractivity contribution in [2.24, 2.45) is 0 Å². The van der Waals surface area contributed by atoms with Crippen LogP contribution in [0.3, 0.4) is 0 Å². The predicted molar refractivity (Wildman–Crippen MR) is 106 cm³/mol. The highest BCUT2D eigenvalue weighted by Crippen LogP contribution is 2.40. The van der Waals surface area contributed by atoms with Gasteiger partial charge >= 0.3 is 0 Å². The third-order valence-corrected chi connectivity index (χ3v) is 6.95. The first-order valence-corrected chi connectivity index (χ1v) is 11.0. The molecule has 2 atom stereocenters. The number of hydrogen-bond acceptors (Lipinski definition) is 5. The van der Waals surface area contributed by atoms with Crippen LogP contribution in [0.2, 0.25) is 0 Å². The highest BCUT2D eigenvalue weighted by molar-refractivity contribution is 8.02. The van der Waals surface area contributed by atoms with Crippen LogP contribution in [-0.2, 0) is 11.3 Å². The zero-order chi connectivity index (χ0) is 18.8. The first-order valence-electron chi connectivity index (χ1n) is 8.77. The molecule has 27 heavy (non-hydrogen) atoms. The van der Waals surface area contributed by atoms with E-state index >= 15 is 0 Å². The highest BCUT2D eigenvalue weighted by Gasteiger charge is 2.40. The monoisotopic (exact) mass is 398 g/mol. The summed E-state index contributed by atoms with van der Waals surface area (Å²) < 4.78 is 5.44. The molecule has 1 aromatic carbocycles. The second kappa shape index (κ2) is 7.85. The van der Waals surface area contributed by atoms with E-state index in [4.69, 9.17) is 4.42 Å². The van der Waals surface area contributed by atoms with E-state index in [1.807, 2.05) is 30.5 Å². The molecule has 0 saturated carbocycles. The standard InChI is InChI=1S/C20H19N3O2S2/c1-26-16-6-4-14(5-7-16)17-9-19(24)23-12-22(11-15-3-2-8-25-15)13-27-20(23)18(17)10-21/h2-8,17H,9,11-13H2,1H3/p+1/t17-/m0/s1. The minimum absolute atomic E-state index is 0.0899. The van der Waals surface area contributed by atoms with Crippen molar-refractivity contribution in [1.29, 1.82) is 5.26 Å². The zero-order valence-electron chi connectivity index (χ0n) is 15.0. The fraction of sp³-hybridized carbons (Fsp3) is 0.300. The lowest BCUT2D eigenvalue weighted by atomic mass is 9.86. The van der Waals surface area contributed by atoms with Crippen LogP contribution in [-0.4, -0.2) is 29.6 Å². The van der Waals surface area contributed by atoms with Gasteiger partial charge in [-0.05, 0) is 47.8 Å². The molecule has 2 aromatic rings. The Hall–Kier alpha value is -2.14. The Morgan fingerprint density at radius 3 is 2.85 bits per heavy atom. The number of furan rings is 1. The van der Waals surface area contributed by atoms with Gasteiger partial charge in [-0.25, -0.2) is 0 Å². The van der Waals surface area contributed by atoms with Gasteiger partial charge in [-0.15, -0.1) is 11.8 Å². The van der Waals surface area contributed by atoms with Gasteiger partial charge in [0.25, 0.3) is 0 Å². The van der Waals surface area contributed by atoms with Gasteiger partial charge in [-0.1, -0.05) is 12.1 Å². The van der Waals surface area contributed by atoms with E-state index in [0.29, 0.717) is 18.7 Å². The summed E-state index contributed by atoms with van der Waals surface area (Å²) in [6.45, 7) is 1.31. The first kappa shape index (κ1) is 18.2. The van der Waals surface area contributed by atoms with E-state index in [1.165, 1.54) is 9.80 Å². The SMILES string of the molecule is CSc1ccc([C@@H]2CC(=O)N3C[NH+](Cc4ccco4)CSC3=C2C#N)cc1. The summed E-state index contributed by atoms with van der Waals surface area (Å²) in [5, 5.41) is 10.7. The third kappa shape index (κ3) is 3.65. The fourth-order valence-corrected chi connectivity index (χ4v) is 5.17. The summed E-state index contributed by atoms with van der Waals surface area (Å²) in [6, 6.07) is 14.4. The molecule has 2 aliphatic rings. The molecule has 1 amide bonds. The number of nitriles is 1. The molecular formula is C20H20N3O2S2+. The van der Waals surface area contributed by atoms with Gasteiger partial charge in [-0.3, -0.25) is 9.69 Å². The van der Waals surface area contributed by atoms with E-state index in [-0.39, 0.29) is 11.8 Å². The molecule has 7 heteroatoms. The second-order valence-corrected chi connectivity index (χ2v) is 8.48. The molecule has 0 radical (unpaired) electrons. The van der Waals surface area contributed by atoms with Crippen molar-refractivity contribution in [2.45, 2.75) is 23.8 Å². The number of fused-ring (bicyclic) bond motifs is 1. The molecule has 0 bridgehead atoms. The maximum absolute atomic E-state index is 12.9. The maximum Gasteiger partial charge on any atom is 0.232 e. The normalized spacial score (nSPS) is 22.5. The van der Waals surface area contributed by atoms with Crippen molar-refractivity contribution in [3.8, 4) is 6.07 Å². The second-order valence-electron chi connectivity index (χ2n) is 6.64. The van der Waals surface area contributed by atoms with Gasteiger partial charge in [0.1, 0.15) is 17.5 Å². The Morgan fingerprint density at radius 1 is 1.37 bits per heavy atom. The number of thioether (sulfide) groups is 2. The van der Waals surface area contributed by atoms with Gasteiger partial charge in [0.2, 0.25) is 5.91 Å².